The van der Waals surface area contributed by atoms with Gasteiger partial charge in [-0.25, -0.2) is 4.79 Å². The van der Waals surface area contributed by atoms with Gasteiger partial charge in [0, 0.05) is 25.7 Å². The molecule has 1 heterocycles. The van der Waals surface area contributed by atoms with Crippen molar-refractivity contribution in [3.05, 3.63) is 90.5 Å². The van der Waals surface area contributed by atoms with Gasteiger partial charge in [-0.2, -0.15) is 0 Å². The highest BCUT2D eigenvalue weighted by Gasteiger charge is 2.30. The van der Waals surface area contributed by atoms with Crippen molar-refractivity contribution >= 4 is 23.1 Å². The first-order valence-electron chi connectivity index (χ1n) is 10.9. The molecule has 6 heteroatoms. The minimum atomic E-state index is -0.658. The predicted molar refractivity (Wildman–Crippen MR) is 127 cm³/mol. The molecule has 1 aliphatic heterocycles. The number of nitrogens with zero attached hydrogens (tertiary/aromatic N) is 2. The molecular formula is C26H29N3O3. The third-order valence-corrected chi connectivity index (χ3v) is 5.82. The molecule has 0 saturated carbocycles. The number of carbonyl (C=O) groups excluding carboxylic acids is 1. The van der Waals surface area contributed by atoms with Crippen LogP contribution in [-0.2, 0) is 4.74 Å². The standard InChI is InChI=1S/C26H29N3O3/c1-28(21-12-6-3-7-13-21)24-15-9-8-14-23(24)27-26(31)29-16-17-32-19-22(29)18-25(30)20-10-4-2-5-11-20/h2-15,22,25,30H,16-19H2,1H3,(H,27,31)/t22-,25+/m1/s1. The average Bonchev–Trinajstić information content (AvgIpc) is 2.85. The van der Waals surface area contributed by atoms with Crippen LogP contribution in [0.25, 0.3) is 0 Å². The Balaban J connectivity index is 1.49. The van der Waals surface area contributed by atoms with Gasteiger partial charge in [0.25, 0.3) is 0 Å². The number of hydrogen-bond acceptors (Lipinski definition) is 4. The minimum absolute atomic E-state index is 0.188. The molecule has 0 spiro atoms. The fourth-order valence-electron chi connectivity index (χ4n) is 4.04. The van der Waals surface area contributed by atoms with Gasteiger partial charge in [0.15, 0.2) is 0 Å². The number of morpholine rings is 1. The van der Waals surface area contributed by atoms with E-state index in [0.29, 0.717) is 26.2 Å². The molecule has 0 aliphatic carbocycles. The van der Waals surface area contributed by atoms with E-state index in [0.717, 1.165) is 22.6 Å². The molecular weight excluding hydrogens is 402 g/mol. The number of rotatable bonds is 6. The van der Waals surface area contributed by atoms with Gasteiger partial charge in [0.1, 0.15) is 0 Å². The molecule has 32 heavy (non-hydrogen) atoms. The second-order valence-electron chi connectivity index (χ2n) is 7.93. The summed E-state index contributed by atoms with van der Waals surface area (Å²) in [4.78, 5) is 17.1. The van der Waals surface area contributed by atoms with E-state index >= 15 is 0 Å². The van der Waals surface area contributed by atoms with Crippen molar-refractivity contribution in [1.82, 2.24) is 4.90 Å². The smallest absolute Gasteiger partial charge is 0.322 e. The molecule has 1 aliphatic rings. The molecule has 0 unspecified atom stereocenters. The summed E-state index contributed by atoms with van der Waals surface area (Å²) >= 11 is 0. The maximum Gasteiger partial charge on any atom is 0.322 e. The van der Waals surface area contributed by atoms with Crippen LogP contribution in [0.5, 0.6) is 0 Å². The van der Waals surface area contributed by atoms with E-state index in [4.69, 9.17) is 4.74 Å². The molecule has 0 aromatic heterocycles. The zero-order valence-corrected chi connectivity index (χ0v) is 18.2. The van der Waals surface area contributed by atoms with Crippen molar-refractivity contribution in [3.63, 3.8) is 0 Å². The number of aliphatic hydroxyl groups is 1. The van der Waals surface area contributed by atoms with E-state index in [2.05, 4.69) is 5.32 Å². The summed E-state index contributed by atoms with van der Waals surface area (Å²) in [7, 11) is 1.98. The molecule has 1 saturated heterocycles. The lowest BCUT2D eigenvalue weighted by Gasteiger charge is -2.37. The highest BCUT2D eigenvalue weighted by Crippen LogP contribution is 2.31. The Bertz CT molecular complexity index is 1010. The van der Waals surface area contributed by atoms with Gasteiger partial charge >= 0.3 is 6.03 Å². The first kappa shape index (κ1) is 21.9. The SMILES string of the molecule is CN(c1ccccc1)c1ccccc1NC(=O)N1CCOC[C@H]1C[C@H](O)c1ccccc1. The number of aliphatic hydroxyl groups excluding tert-OH is 1. The maximum atomic E-state index is 13.3. The summed E-state index contributed by atoms with van der Waals surface area (Å²) in [5, 5.41) is 13.8. The van der Waals surface area contributed by atoms with Gasteiger partial charge in [-0.15, -0.1) is 0 Å². The highest BCUT2D eigenvalue weighted by molar-refractivity contribution is 5.94. The number of carbonyl (C=O) groups is 1. The third-order valence-electron chi connectivity index (χ3n) is 5.82. The van der Waals surface area contributed by atoms with Crippen LogP contribution in [0.3, 0.4) is 0 Å². The predicted octanol–water partition coefficient (Wildman–Crippen LogP) is 4.81. The topological polar surface area (TPSA) is 65.0 Å². The molecule has 2 amide bonds. The molecule has 4 rings (SSSR count). The molecule has 6 nitrogen and oxygen atoms in total. The van der Waals surface area contributed by atoms with E-state index in [-0.39, 0.29) is 12.1 Å². The summed E-state index contributed by atoms with van der Waals surface area (Å²) in [6.07, 6.45) is -0.238. The van der Waals surface area contributed by atoms with Gasteiger partial charge in [-0.1, -0.05) is 60.7 Å². The van der Waals surface area contributed by atoms with Crippen LogP contribution in [0.2, 0.25) is 0 Å². The van der Waals surface area contributed by atoms with Crippen LogP contribution in [0, 0.1) is 0 Å². The third kappa shape index (κ3) is 5.10. The van der Waals surface area contributed by atoms with E-state index in [1.807, 2.05) is 96.9 Å². The van der Waals surface area contributed by atoms with E-state index in [9.17, 15) is 9.90 Å². The molecule has 3 aromatic carbocycles. The number of nitrogens with one attached hydrogen (secondary N) is 1. The first-order chi connectivity index (χ1) is 15.6. The minimum Gasteiger partial charge on any atom is -0.388 e. The number of para-hydroxylation sites is 3. The lowest BCUT2D eigenvalue weighted by Crippen LogP contribution is -2.51. The maximum absolute atomic E-state index is 13.3. The summed E-state index contributed by atoms with van der Waals surface area (Å²) < 4.78 is 5.63. The zero-order chi connectivity index (χ0) is 22.3. The number of amides is 2. The average molecular weight is 432 g/mol. The number of hydrogen-bond donors (Lipinski definition) is 2. The molecule has 166 valence electrons. The van der Waals surface area contributed by atoms with Crippen molar-refractivity contribution < 1.29 is 14.6 Å². The van der Waals surface area contributed by atoms with Gasteiger partial charge in [-0.05, 0) is 29.8 Å². The van der Waals surface area contributed by atoms with Gasteiger partial charge < -0.3 is 25.0 Å². The van der Waals surface area contributed by atoms with Crippen LogP contribution in [0.1, 0.15) is 18.1 Å². The Kier molecular flexibility index (Phi) is 7.04. The Labute approximate surface area is 189 Å². The van der Waals surface area contributed by atoms with Crippen LogP contribution in [0.15, 0.2) is 84.9 Å². The number of benzene rings is 3. The summed E-state index contributed by atoms with van der Waals surface area (Å²) in [5.74, 6) is 0. The van der Waals surface area contributed by atoms with E-state index < -0.39 is 6.10 Å². The van der Waals surface area contributed by atoms with Gasteiger partial charge in [-0.3, -0.25) is 0 Å². The Morgan fingerprint density at radius 3 is 2.47 bits per heavy atom. The second-order valence-corrected chi connectivity index (χ2v) is 7.93. The molecule has 0 bridgehead atoms. The van der Waals surface area contributed by atoms with E-state index in [1.165, 1.54) is 0 Å². The van der Waals surface area contributed by atoms with Crippen LogP contribution < -0.4 is 10.2 Å². The number of urea groups is 1. The largest absolute Gasteiger partial charge is 0.388 e. The summed E-state index contributed by atoms with van der Waals surface area (Å²) in [6.45, 7) is 1.37. The fraction of sp³-hybridized carbons (Fsp3) is 0.269. The molecule has 2 atom stereocenters. The molecule has 2 N–H and O–H groups in total. The van der Waals surface area contributed by atoms with Crippen LogP contribution in [0.4, 0.5) is 21.9 Å². The Morgan fingerprint density at radius 1 is 1.06 bits per heavy atom. The molecule has 3 aromatic rings. The van der Waals surface area contributed by atoms with Crippen molar-refractivity contribution in [2.75, 3.05) is 37.0 Å². The van der Waals surface area contributed by atoms with Gasteiger partial charge in [0.2, 0.25) is 0 Å². The van der Waals surface area contributed by atoms with Crippen molar-refractivity contribution in [2.24, 2.45) is 0 Å². The Morgan fingerprint density at radius 2 is 1.72 bits per heavy atom. The van der Waals surface area contributed by atoms with Crippen molar-refractivity contribution in [2.45, 2.75) is 18.6 Å². The van der Waals surface area contributed by atoms with Crippen LogP contribution in [-0.4, -0.2) is 48.9 Å². The summed E-state index contributed by atoms with van der Waals surface area (Å²) in [6, 6.07) is 26.9. The highest BCUT2D eigenvalue weighted by atomic mass is 16.5. The van der Waals surface area contributed by atoms with Crippen LogP contribution >= 0.6 is 0 Å². The van der Waals surface area contributed by atoms with Gasteiger partial charge in [0.05, 0.1) is 36.7 Å². The number of ether oxygens (including phenoxy) is 1. The monoisotopic (exact) mass is 431 g/mol. The quantitative estimate of drug-likeness (QED) is 0.588. The lowest BCUT2D eigenvalue weighted by molar-refractivity contribution is -0.00427. The Hall–Kier alpha value is -3.35. The summed E-state index contributed by atoms with van der Waals surface area (Å²) in [5.41, 5.74) is 3.51. The number of anilines is 3. The lowest BCUT2D eigenvalue weighted by atomic mass is 10.0. The first-order valence-corrected chi connectivity index (χ1v) is 10.9. The normalized spacial score (nSPS) is 16.9. The van der Waals surface area contributed by atoms with Crippen molar-refractivity contribution in [3.8, 4) is 0 Å². The molecule has 1 fully saturated rings. The van der Waals surface area contributed by atoms with Crippen molar-refractivity contribution in [1.29, 1.82) is 0 Å². The second kappa shape index (κ2) is 10.3. The molecule has 0 radical (unpaired) electrons. The zero-order valence-electron chi connectivity index (χ0n) is 18.2. The fourth-order valence-corrected chi connectivity index (χ4v) is 4.04. The van der Waals surface area contributed by atoms with E-state index in [1.54, 1.807) is 4.90 Å².